The molecule has 4 aromatic carbocycles. The average Bonchev–Trinajstić information content (AvgIpc) is 3.48. The monoisotopic (exact) mass is 483 g/mol. The van der Waals surface area contributed by atoms with Crippen molar-refractivity contribution >= 4 is 27.4 Å². The standard InChI is InChI=1S/C34H33N3/c1-24-10-9-14-29(24)31-21-32-30-13-7-8-15-33(30)37(34(32)20-25(31)2)28-18-16-27(17-19-28)23-36(3)35-22-26-11-5-4-6-12-26/h4-9,11-21,35H,10,22-23H2,1-3H3. The summed E-state index contributed by atoms with van der Waals surface area (Å²) in [6.45, 7) is 6.15. The van der Waals surface area contributed by atoms with Crippen LogP contribution in [0.15, 0.2) is 109 Å². The van der Waals surface area contributed by atoms with Crippen LogP contribution in [-0.4, -0.2) is 16.6 Å². The van der Waals surface area contributed by atoms with E-state index in [1.165, 1.54) is 60.9 Å². The molecule has 1 aromatic heterocycles. The van der Waals surface area contributed by atoms with E-state index >= 15 is 0 Å². The number of nitrogens with one attached hydrogen (secondary N) is 1. The van der Waals surface area contributed by atoms with Crippen LogP contribution in [0.1, 0.15) is 35.6 Å². The molecule has 0 saturated heterocycles. The predicted molar refractivity (Wildman–Crippen MR) is 157 cm³/mol. The third-order valence-electron chi connectivity index (χ3n) is 7.49. The van der Waals surface area contributed by atoms with Crippen molar-refractivity contribution in [3.63, 3.8) is 0 Å². The van der Waals surface area contributed by atoms with E-state index in [0.717, 1.165) is 19.5 Å². The molecule has 0 unspecified atom stereocenters. The van der Waals surface area contributed by atoms with Gasteiger partial charge in [0, 0.05) is 36.6 Å². The second kappa shape index (κ2) is 9.85. The van der Waals surface area contributed by atoms with Gasteiger partial charge in [-0.3, -0.25) is 5.43 Å². The van der Waals surface area contributed by atoms with Crippen molar-refractivity contribution in [1.29, 1.82) is 0 Å². The highest BCUT2D eigenvalue weighted by molar-refractivity contribution is 6.10. The van der Waals surface area contributed by atoms with Gasteiger partial charge in [0.05, 0.1) is 11.0 Å². The minimum absolute atomic E-state index is 0.824. The van der Waals surface area contributed by atoms with E-state index in [-0.39, 0.29) is 0 Å². The fourth-order valence-corrected chi connectivity index (χ4v) is 5.52. The molecule has 0 bridgehead atoms. The number of nitrogens with zero attached hydrogens (tertiary/aromatic N) is 2. The highest BCUT2D eigenvalue weighted by Gasteiger charge is 2.17. The molecule has 5 aromatic rings. The van der Waals surface area contributed by atoms with Gasteiger partial charge in [-0.2, -0.15) is 0 Å². The van der Waals surface area contributed by atoms with E-state index in [4.69, 9.17) is 0 Å². The highest BCUT2D eigenvalue weighted by atomic mass is 15.5. The summed E-state index contributed by atoms with van der Waals surface area (Å²) in [5, 5.41) is 4.76. The Bertz CT molecular complexity index is 1640. The van der Waals surface area contributed by atoms with E-state index in [0.29, 0.717) is 0 Å². The van der Waals surface area contributed by atoms with Gasteiger partial charge in [-0.25, -0.2) is 5.01 Å². The molecule has 3 heteroatoms. The number of fused-ring (bicyclic) bond motifs is 3. The molecule has 37 heavy (non-hydrogen) atoms. The van der Waals surface area contributed by atoms with Crippen molar-refractivity contribution in [2.45, 2.75) is 33.4 Å². The van der Waals surface area contributed by atoms with E-state index in [1.807, 2.05) is 0 Å². The van der Waals surface area contributed by atoms with Gasteiger partial charge < -0.3 is 4.57 Å². The van der Waals surface area contributed by atoms with Crippen LogP contribution in [-0.2, 0) is 13.1 Å². The summed E-state index contributed by atoms with van der Waals surface area (Å²) in [5.74, 6) is 0. The van der Waals surface area contributed by atoms with Gasteiger partial charge in [0.1, 0.15) is 0 Å². The first-order valence-corrected chi connectivity index (χ1v) is 13.1. The minimum Gasteiger partial charge on any atom is -0.309 e. The molecule has 0 atom stereocenters. The van der Waals surface area contributed by atoms with Crippen molar-refractivity contribution in [2.24, 2.45) is 0 Å². The zero-order valence-electron chi connectivity index (χ0n) is 21.8. The molecule has 1 aliphatic carbocycles. The Hall–Kier alpha value is -3.92. The number of hydrazine groups is 1. The summed E-state index contributed by atoms with van der Waals surface area (Å²) in [7, 11) is 2.10. The van der Waals surface area contributed by atoms with Crippen molar-refractivity contribution in [1.82, 2.24) is 15.0 Å². The second-order valence-electron chi connectivity index (χ2n) is 10.2. The minimum atomic E-state index is 0.824. The summed E-state index contributed by atoms with van der Waals surface area (Å²) < 4.78 is 2.41. The molecule has 184 valence electrons. The average molecular weight is 484 g/mol. The third-order valence-corrected chi connectivity index (χ3v) is 7.49. The number of hydrogen-bond acceptors (Lipinski definition) is 2. The number of aromatic nitrogens is 1. The Morgan fingerprint density at radius 1 is 0.784 bits per heavy atom. The van der Waals surface area contributed by atoms with E-state index in [2.05, 4.69) is 139 Å². The van der Waals surface area contributed by atoms with E-state index in [9.17, 15) is 0 Å². The van der Waals surface area contributed by atoms with E-state index < -0.39 is 0 Å². The predicted octanol–water partition coefficient (Wildman–Crippen LogP) is 7.96. The van der Waals surface area contributed by atoms with Crippen molar-refractivity contribution in [2.75, 3.05) is 7.05 Å². The molecule has 3 nitrogen and oxygen atoms in total. The summed E-state index contributed by atoms with van der Waals surface area (Å²) in [6, 6.07) is 33.0. The maximum atomic E-state index is 3.50. The van der Waals surface area contributed by atoms with Gasteiger partial charge in [0.2, 0.25) is 0 Å². The number of allylic oxidation sites excluding steroid dienone is 4. The third kappa shape index (κ3) is 4.53. The zero-order valence-corrected chi connectivity index (χ0v) is 21.8. The molecule has 0 spiro atoms. The molecule has 0 radical (unpaired) electrons. The fourth-order valence-electron chi connectivity index (χ4n) is 5.52. The Kier molecular flexibility index (Phi) is 6.25. The molecule has 1 aliphatic rings. The lowest BCUT2D eigenvalue weighted by atomic mass is 9.96. The Labute approximate surface area is 219 Å². The largest absolute Gasteiger partial charge is 0.309 e. The lowest BCUT2D eigenvalue weighted by molar-refractivity contribution is 0.222. The van der Waals surface area contributed by atoms with Crippen LogP contribution in [0.2, 0.25) is 0 Å². The molecule has 0 aliphatic heterocycles. The van der Waals surface area contributed by atoms with Crippen LogP contribution >= 0.6 is 0 Å². The Balaban J connectivity index is 1.32. The van der Waals surface area contributed by atoms with Gasteiger partial charge in [-0.05, 0) is 78.4 Å². The second-order valence-corrected chi connectivity index (χ2v) is 10.2. The molecule has 0 saturated carbocycles. The smallest absolute Gasteiger partial charge is 0.0544 e. The summed E-state index contributed by atoms with van der Waals surface area (Å²) >= 11 is 0. The van der Waals surface area contributed by atoms with Crippen LogP contribution in [0.25, 0.3) is 33.1 Å². The first-order valence-electron chi connectivity index (χ1n) is 13.1. The van der Waals surface area contributed by atoms with Crippen molar-refractivity contribution < 1.29 is 0 Å². The topological polar surface area (TPSA) is 20.2 Å². The van der Waals surface area contributed by atoms with Gasteiger partial charge >= 0.3 is 0 Å². The molecular formula is C34H33N3. The number of hydrogen-bond donors (Lipinski definition) is 1. The highest BCUT2D eigenvalue weighted by Crippen LogP contribution is 2.37. The fraction of sp³-hybridized carbons (Fsp3) is 0.176. The van der Waals surface area contributed by atoms with Crippen molar-refractivity contribution in [3.8, 4) is 5.69 Å². The maximum absolute atomic E-state index is 3.50. The summed E-state index contributed by atoms with van der Waals surface area (Å²) in [4.78, 5) is 0. The van der Waals surface area contributed by atoms with Gasteiger partial charge in [-0.1, -0.05) is 78.4 Å². The van der Waals surface area contributed by atoms with Gasteiger partial charge in [0.15, 0.2) is 0 Å². The normalized spacial score (nSPS) is 13.5. The molecule has 6 rings (SSSR count). The lowest BCUT2D eigenvalue weighted by Crippen LogP contribution is -2.33. The summed E-state index contributed by atoms with van der Waals surface area (Å²) in [5.41, 5.74) is 15.3. The van der Waals surface area contributed by atoms with Crippen LogP contribution in [0.4, 0.5) is 0 Å². The van der Waals surface area contributed by atoms with Crippen LogP contribution in [0, 0.1) is 6.92 Å². The first-order chi connectivity index (χ1) is 18.1. The summed E-state index contributed by atoms with van der Waals surface area (Å²) in [6.07, 6.45) is 5.61. The van der Waals surface area contributed by atoms with Gasteiger partial charge in [-0.15, -0.1) is 0 Å². The number of rotatable bonds is 7. The maximum Gasteiger partial charge on any atom is 0.0544 e. The quantitative estimate of drug-likeness (QED) is 0.237. The number of benzene rings is 4. The van der Waals surface area contributed by atoms with Crippen molar-refractivity contribution in [3.05, 3.63) is 131 Å². The molecule has 1 heterocycles. The molecular weight excluding hydrogens is 450 g/mol. The molecule has 0 amide bonds. The lowest BCUT2D eigenvalue weighted by Gasteiger charge is -2.19. The SMILES string of the molecule is CC1=C(c2cc3c4ccccc4n(-c4ccc(CN(C)NCc5ccccc5)cc4)c3cc2C)C=CC1. The number of aryl methyl sites for hydroxylation is 1. The molecule has 0 fully saturated rings. The van der Waals surface area contributed by atoms with Crippen LogP contribution in [0.3, 0.4) is 0 Å². The Morgan fingerprint density at radius 3 is 2.30 bits per heavy atom. The number of para-hydroxylation sites is 1. The first kappa shape index (κ1) is 23.5. The Morgan fingerprint density at radius 2 is 1.54 bits per heavy atom. The van der Waals surface area contributed by atoms with Gasteiger partial charge in [0.25, 0.3) is 0 Å². The van der Waals surface area contributed by atoms with Crippen LogP contribution in [0.5, 0.6) is 0 Å². The molecule has 1 N–H and O–H groups in total. The zero-order chi connectivity index (χ0) is 25.4. The van der Waals surface area contributed by atoms with E-state index in [1.54, 1.807) is 0 Å². The van der Waals surface area contributed by atoms with Crippen LogP contribution < -0.4 is 5.43 Å².